The molecule has 0 fully saturated rings. The molecule has 0 saturated heterocycles. The van der Waals surface area contributed by atoms with E-state index in [4.69, 9.17) is 0 Å². The number of nitrogens with one attached hydrogen (secondary N) is 1. The van der Waals surface area contributed by atoms with Gasteiger partial charge in [0.1, 0.15) is 0 Å². The third-order valence-corrected chi connectivity index (χ3v) is 3.85. The zero-order chi connectivity index (χ0) is 13.0. The number of thioether (sulfide) groups is 1. The molecule has 2 rings (SSSR count). The summed E-state index contributed by atoms with van der Waals surface area (Å²) in [5.74, 6) is -2.37. The summed E-state index contributed by atoms with van der Waals surface area (Å²) in [5.41, 5.74) is 0.916. The minimum atomic E-state index is -2.37. The highest BCUT2D eigenvalue weighted by molar-refractivity contribution is 7.99. The van der Waals surface area contributed by atoms with Crippen LogP contribution < -0.4 is 5.32 Å². The Kier molecular flexibility index (Phi) is 4.54. The second-order valence-corrected chi connectivity index (χ2v) is 5.98. The first-order valence-electron chi connectivity index (χ1n) is 5.33. The molecule has 0 aliphatic rings. The Bertz CT molecular complexity index is 497. The fraction of sp³-hybridized carbons (Fsp3) is 0.250. The van der Waals surface area contributed by atoms with Gasteiger partial charge in [0, 0.05) is 21.7 Å². The number of hydrogen-bond donors (Lipinski definition) is 1. The summed E-state index contributed by atoms with van der Waals surface area (Å²) in [7, 11) is 0. The van der Waals surface area contributed by atoms with E-state index < -0.39 is 5.76 Å². The fourth-order valence-electron chi connectivity index (χ4n) is 1.43. The molecule has 0 saturated carbocycles. The molecule has 0 aliphatic heterocycles. The predicted molar refractivity (Wildman–Crippen MR) is 72.5 cm³/mol. The zero-order valence-electron chi connectivity index (χ0n) is 9.69. The summed E-state index contributed by atoms with van der Waals surface area (Å²) in [6.07, 6.45) is 1.84. The Morgan fingerprint density at radius 2 is 2.06 bits per heavy atom. The van der Waals surface area contributed by atoms with Gasteiger partial charge in [0.2, 0.25) is 0 Å². The summed E-state index contributed by atoms with van der Waals surface area (Å²) >= 11 is 2.20. The minimum absolute atomic E-state index is 0.556. The lowest BCUT2D eigenvalue weighted by atomic mass is 10.3. The lowest BCUT2D eigenvalue weighted by Gasteiger charge is -2.05. The van der Waals surface area contributed by atoms with Crippen molar-refractivity contribution in [2.24, 2.45) is 0 Å². The molecule has 1 heterocycles. The molecule has 0 unspecified atom stereocenters. The van der Waals surface area contributed by atoms with Crippen LogP contribution in [0.4, 0.5) is 14.5 Å². The Hall–Kier alpha value is -1.14. The molecule has 6 heteroatoms. The smallest absolute Gasteiger partial charge is 0.288 e. The van der Waals surface area contributed by atoms with Crippen LogP contribution in [-0.2, 0) is 6.54 Å². The molecule has 1 aromatic heterocycles. The van der Waals surface area contributed by atoms with Crippen molar-refractivity contribution in [1.29, 1.82) is 0 Å². The summed E-state index contributed by atoms with van der Waals surface area (Å²) in [5, 5.41) is 4.27. The summed E-state index contributed by atoms with van der Waals surface area (Å²) in [6.45, 7) is 2.66. The summed E-state index contributed by atoms with van der Waals surface area (Å²) in [4.78, 5) is 5.89. The number of benzene rings is 1. The van der Waals surface area contributed by atoms with Gasteiger partial charge < -0.3 is 5.32 Å². The standard InChI is InChI=1S/C12H12F2N2S2/c1-8-15-6-11(17-8)7-16-9-2-4-10(5-3-9)18-12(13)14/h2-6,12,16H,7H2,1H3. The van der Waals surface area contributed by atoms with Crippen LogP contribution in [0.2, 0.25) is 0 Å². The maximum absolute atomic E-state index is 12.1. The van der Waals surface area contributed by atoms with Crippen LogP contribution >= 0.6 is 23.1 Å². The number of alkyl halides is 2. The molecule has 1 N–H and O–H groups in total. The second kappa shape index (κ2) is 6.15. The van der Waals surface area contributed by atoms with E-state index >= 15 is 0 Å². The van der Waals surface area contributed by atoms with Gasteiger partial charge in [-0.15, -0.1) is 11.3 Å². The van der Waals surface area contributed by atoms with Crippen LogP contribution in [0, 0.1) is 6.92 Å². The molecule has 2 aromatic rings. The van der Waals surface area contributed by atoms with E-state index in [0.717, 1.165) is 15.6 Å². The molecular formula is C12H12F2N2S2. The van der Waals surface area contributed by atoms with Gasteiger partial charge in [-0.1, -0.05) is 11.8 Å². The molecule has 96 valence electrons. The molecule has 0 spiro atoms. The van der Waals surface area contributed by atoms with Crippen LogP contribution in [0.25, 0.3) is 0 Å². The third-order valence-electron chi connectivity index (χ3n) is 2.22. The van der Waals surface area contributed by atoms with E-state index in [1.165, 1.54) is 0 Å². The first-order valence-corrected chi connectivity index (χ1v) is 7.03. The second-order valence-electron chi connectivity index (χ2n) is 3.60. The van der Waals surface area contributed by atoms with Crippen LogP contribution in [0.3, 0.4) is 0 Å². The Morgan fingerprint density at radius 3 is 2.61 bits per heavy atom. The van der Waals surface area contributed by atoms with Crippen molar-refractivity contribution in [3.8, 4) is 0 Å². The number of halogens is 2. The van der Waals surface area contributed by atoms with Gasteiger partial charge in [-0.2, -0.15) is 8.78 Å². The zero-order valence-corrected chi connectivity index (χ0v) is 11.3. The van der Waals surface area contributed by atoms with Crippen molar-refractivity contribution in [1.82, 2.24) is 4.98 Å². The topological polar surface area (TPSA) is 24.9 Å². The SMILES string of the molecule is Cc1ncc(CNc2ccc(SC(F)F)cc2)s1. The number of hydrogen-bond acceptors (Lipinski definition) is 4. The van der Waals surface area contributed by atoms with Gasteiger partial charge in [0.05, 0.1) is 11.6 Å². The van der Waals surface area contributed by atoms with E-state index in [1.54, 1.807) is 35.6 Å². The third kappa shape index (κ3) is 3.96. The first-order chi connectivity index (χ1) is 8.63. The van der Waals surface area contributed by atoms with E-state index in [1.807, 2.05) is 13.1 Å². The Morgan fingerprint density at radius 1 is 1.33 bits per heavy atom. The van der Waals surface area contributed by atoms with Crippen LogP contribution in [0.15, 0.2) is 35.4 Å². The molecule has 0 radical (unpaired) electrons. The Balaban J connectivity index is 1.90. The van der Waals surface area contributed by atoms with Crippen molar-refractivity contribution in [2.45, 2.75) is 24.1 Å². The lowest BCUT2D eigenvalue weighted by Crippen LogP contribution is -1.96. The van der Waals surface area contributed by atoms with Gasteiger partial charge in [-0.05, 0) is 31.2 Å². The van der Waals surface area contributed by atoms with Gasteiger partial charge in [-0.25, -0.2) is 4.98 Å². The van der Waals surface area contributed by atoms with E-state index in [0.29, 0.717) is 23.2 Å². The number of rotatable bonds is 5. The fourth-order valence-corrected chi connectivity index (χ4v) is 2.66. The maximum atomic E-state index is 12.1. The number of nitrogens with zero attached hydrogens (tertiary/aromatic N) is 1. The number of aryl methyl sites for hydroxylation is 1. The molecular weight excluding hydrogens is 274 g/mol. The highest BCUT2D eigenvalue weighted by Gasteiger charge is 2.04. The first kappa shape index (κ1) is 13.3. The molecule has 0 amide bonds. The van der Waals surface area contributed by atoms with Crippen LogP contribution in [0.1, 0.15) is 9.88 Å². The molecule has 0 aliphatic carbocycles. The molecule has 0 atom stereocenters. The average Bonchev–Trinajstić information content (AvgIpc) is 2.74. The largest absolute Gasteiger partial charge is 0.380 e. The monoisotopic (exact) mass is 286 g/mol. The molecule has 18 heavy (non-hydrogen) atoms. The quantitative estimate of drug-likeness (QED) is 0.826. The number of thiazole rings is 1. The minimum Gasteiger partial charge on any atom is -0.380 e. The molecule has 1 aromatic carbocycles. The van der Waals surface area contributed by atoms with Gasteiger partial charge in [0.25, 0.3) is 5.76 Å². The predicted octanol–water partition coefficient (Wildman–Crippen LogP) is 4.38. The van der Waals surface area contributed by atoms with Gasteiger partial charge >= 0.3 is 0 Å². The van der Waals surface area contributed by atoms with Crippen LogP contribution in [0.5, 0.6) is 0 Å². The van der Waals surface area contributed by atoms with Crippen molar-refractivity contribution in [3.05, 3.63) is 40.3 Å². The summed E-state index contributed by atoms with van der Waals surface area (Å²) in [6, 6.07) is 6.99. The number of anilines is 1. The highest BCUT2D eigenvalue weighted by atomic mass is 32.2. The molecule has 2 nitrogen and oxygen atoms in total. The average molecular weight is 286 g/mol. The van der Waals surface area contributed by atoms with E-state index in [9.17, 15) is 8.78 Å². The van der Waals surface area contributed by atoms with E-state index in [2.05, 4.69) is 10.3 Å². The summed E-state index contributed by atoms with van der Waals surface area (Å²) < 4.78 is 24.3. The van der Waals surface area contributed by atoms with E-state index in [-0.39, 0.29) is 0 Å². The van der Waals surface area contributed by atoms with Gasteiger partial charge in [-0.3, -0.25) is 0 Å². The van der Waals surface area contributed by atoms with Crippen molar-refractivity contribution >= 4 is 28.8 Å². The van der Waals surface area contributed by atoms with Crippen molar-refractivity contribution in [3.63, 3.8) is 0 Å². The van der Waals surface area contributed by atoms with Gasteiger partial charge in [0.15, 0.2) is 0 Å². The normalized spacial score (nSPS) is 10.9. The maximum Gasteiger partial charge on any atom is 0.288 e. The lowest BCUT2D eigenvalue weighted by molar-refractivity contribution is 0.252. The molecule has 0 bridgehead atoms. The Labute approximate surface area is 112 Å². The van der Waals surface area contributed by atoms with Crippen LogP contribution in [-0.4, -0.2) is 10.7 Å². The highest BCUT2D eigenvalue weighted by Crippen LogP contribution is 2.26. The van der Waals surface area contributed by atoms with Crippen molar-refractivity contribution in [2.75, 3.05) is 5.32 Å². The van der Waals surface area contributed by atoms with Crippen molar-refractivity contribution < 1.29 is 8.78 Å². The number of aromatic nitrogens is 1.